The Hall–Kier alpha value is -1.66. The van der Waals surface area contributed by atoms with E-state index in [0.717, 1.165) is 70.0 Å². The van der Waals surface area contributed by atoms with Crippen molar-refractivity contribution in [1.82, 2.24) is 0 Å². The highest BCUT2D eigenvalue weighted by atomic mass is 19.1. The van der Waals surface area contributed by atoms with Crippen LogP contribution in [0.5, 0.6) is 5.75 Å². The number of methoxy groups -OCH3 is 1. The fraction of sp³-hybridized carbons (Fsp3) is 0.720. The number of ether oxygens (including phenoxy) is 4. The van der Waals surface area contributed by atoms with Gasteiger partial charge in [-0.1, -0.05) is 0 Å². The van der Waals surface area contributed by atoms with Crippen LogP contribution < -0.4 is 4.74 Å². The lowest BCUT2D eigenvalue weighted by Gasteiger charge is -2.48. The molecule has 3 aliphatic carbocycles. The third-order valence-electron chi connectivity index (χ3n) is 8.97. The van der Waals surface area contributed by atoms with E-state index in [-0.39, 0.29) is 40.4 Å². The summed E-state index contributed by atoms with van der Waals surface area (Å²) in [6.07, 6.45) is 8.99. The molecule has 6 atom stereocenters. The molecule has 6 unspecified atom stereocenters. The summed E-state index contributed by atoms with van der Waals surface area (Å²) in [6.45, 7) is 1.43. The van der Waals surface area contributed by atoms with Gasteiger partial charge in [0.05, 0.1) is 31.8 Å². The summed E-state index contributed by atoms with van der Waals surface area (Å²) >= 11 is 0. The molecule has 6 heteroatoms. The van der Waals surface area contributed by atoms with Gasteiger partial charge in [-0.15, -0.1) is 0 Å². The second-order valence-electron chi connectivity index (χ2n) is 10.4. The normalized spacial score (nSPS) is 42.2. The van der Waals surface area contributed by atoms with E-state index in [2.05, 4.69) is 0 Å². The van der Waals surface area contributed by atoms with E-state index in [1.54, 1.807) is 6.07 Å². The van der Waals surface area contributed by atoms with E-state index >= 15 is 0 Å². The zero-order valence-electron chi connectivity index (χ0n) is 18.2. The molecule has 31 heavy (non-hydrogen) atoms. The Bertz CT molecular complexity index is 894. The van der Waals surface area contributed by atoms with Crippen LogP contribution in [-0.2, 0) is 24.6 Å². The van der Waals surface area contributed by atoms with Gasteiger partial charge in [-0.05, 0) is 75.0 Å². The highest BCUT2D eigenvalue weighted by Gasteiger charge is 2.85. The minimum absolute atomic E-state index is 0.0668. The quantitative estimate of drug-likeness (QED) is 0.586. The number of rotatable bonds is 7. The summed E-state index contributed by atoms with van der Waals surface area (Å²) in [7, 11) is 1.47. The summed E-state index contributed by atoms with van der Waals surface area (Å²) in [5.74, 6) is 0.746. The number of carbonyl (C=O) groups is 1. The van der Waals surface area contributed by atoms with Crippen LogP contribution in [0.2, 0.25) is 0 Å². The summed E-state index contributed by atoms with van der Waals surface area (Å²) in [5, 5.41) is 0. The first-order chi connectivity index (χ1) is 15.0. The Morgan fingerprint density at radius 3 is 2.90 bits per heavy atom. The molecule has 2 aliphatic heterocycles. The van der Waals surface area contributed by atoms with Crippen molar-refractivity contribution in [3.63, 3.8) is 0 Å². The SMILES string of the molecule is COC(=O)C1CC1CCC12COC3(c4cc(F)cc(OC5CCCCO5)c4)CCC13C2. The van der Waals surface area contributed by atoms with Gasteiger partial charge >= 0.3 is 5.97 Å². The first-order valence-corrected chi connectivity index (χ1v) is 11.8. The molecule has 0 radical (unpaired) electrons. The predicted molar refractivity (Wildman–Crippen MR) is 110 cm³/mol. The Balaban J connectivity index is 1.17. The fourth-order valence-corrected chi connectivity index (χ4v) is 6.96. The Morgan fingerprint density at radius 1 is 1.26 bits per heavy atom. The van der Waals surface area contributed by atoms with Crippen molar-refractivity contribution in [3.05, 3.63) is 29.6 Å². The molecule has 0 N–H and O–H groups in total. The first-order valence-electron chi connectivity index (χ1n) is 11.8. The maximum atomic E-state index is 14.6. The Labute approximate surface area is 182 Å². The minimum atomic E-state index is -0.383. The van der Waals surface area contributed by atoms with Crippen LogP contribution in [0.4, 0.5) is 4.39 Å². The third kappa shape index (κ3) is 2.90. The van der Waals surface area contributed by atoms with Gasteiger partial charge in [0, 0.05) is 23.3 Å². The van der Waals surface area contributed by atoms with Crippen molar-refractivity contribution in [2.24, 2.45) is 22.7 Å². The van der Waals surface area contributed by atoms with Crippen molar-refractivity contribution in [2.75, 3.05) is 20.3 Å². The second-order valence-corrected chi connectivity index (χ2v) is 10.4. The van der Waals surface area contributed by atoms with Crippen molar-refractivity contribution < 1.29 is 28.1 Å². The molecular formula is C25H31FO5. The molecule has 6 rings (SSSR count). The van der Waals surface area contributed by atoms with Crippen molar-refractivity contribution in [2.45, 2.75) is 69.7 Å². The lowest BCUT2D eigenvalue weighted by Crippen LogP contribution is -2.46. The molecule has 1 aromatic rings. The van der Waals surface area contributed by atoms with Gasteiger partial charge in [-0.25, -0.2) is 4.39 Å². The van der Waals surface area contributed by atoms with Crippen LogP contribution in [0.15, 0.2) is 18.2 Å². The Kier molecular flexibility index (Phi) is 4.46. The summed E-state index contributed by atoms with van der Waals surface area (Å²) in [5.41, 5.74) is 0.852. The predicted octanol–water partition coefficient (Wildman–Crippen LogP) is 4.72. The molecule has 168 valence electrons. The molecule has 0 bridgehead atoms. The van der Waals surface area contributed by atoms with Crippen LogP contribution in [0.1, 0.15) is 63.4 Å². The molecule has 0 amide bonds. The lowest BCUT2D eigenvalue weighted by atomic mass is 9.60. The van der Waals surface area contributed by atoms with Crippen LogP contribution >= 0.6 is 0 Å². The maximum Gasteiger partial charge on any atom is 0.308 e. The lowest BCUT2D eigenvalue weighted by molar-refractivity contribution is -0.142. The molecular weight excluding hydrogens is 399 g/mol. The van der Waals surface area contributed by atoms with Gasteiger partial charge in [0.15, 0.2) is 6.29 Å². The van der Waals surface area contributed by atoms with Crippen LogP contribution in [0.3, 0.4) is 0 Å². The van der Waals surface area contributed by atoms with Crippen molar-refractivity contribution >= 4 is 5.97 Å². The second kappa shape index (κ2) is 6.92. The molecule has 5 aliphatic rings. The number of benzene rings is 1. The minimum Gasteiger partial charge on any atom is -0.469 e. The third-order valence-corrected chi connectivity index (χ3v) is 8.97. The topological polar surface area (TPSA) is 54.0 Å². The van der Waals surface area contributed by atoms with Crippen molar-refractivity contribution in [1.29, 1.82) is 0 Å². The van der Waals surface area contributed by atoms with E-state index < -0.39 is 0 Å². The van der Waals surface area contributed by atoms with Gasteiger partial charge in [0.1, 0.15) is 11.6 Å². The van der Waals surface area contributed by atoms with E-state index in [1.807, 2.05) is 6.07 Å². The van der Waals surface area contributed by atoms with Gasteiger partial charge < -0.3 is 18.9 Å². The molecule has 1 spiro atoms. The molecule has 5 fully saturated rings. The zero-order chi connectivity index (χ0) is 21.3. The number of halogens is 1. The average molecular weight is 431 g/mol. The largest absolute Gasteiger partial charge is 0.469 e. The molecule has 5 nitrogen and oxygen atoms in total. The van der Waals surface area contributed by atoms with Crippen LogP contribution in [-0.4, -0.2) is 32.6 Å². The Morgan fingerprint density at radius 2 is 2.16 bits per heavy atom. The van der Waals surface area contributed by atoms with E-state index in [4.69, 9.17) is 18.9 Å². The number of hydrogen-bond donors (Lipinski definition) is 0. The summed E-state index contributed by atoms with van der Waals surface area (Å²) in [4.78, 5) is 11.7. The maximum absolute atomic E-state index is 14.6. The van der Waals surface area contributed by atoms with Crippen molar-refractivity contribution in [3.8, 4) is 5.75 Å². The van der Waals surface area contributed by atoms with Gasteiger partial charge in [-0.3, -0.25) is 4.79 Å². The molecule has 2 heterocycles. The molecule has 1 aromatic carbocycles. The smallest absolute Gasteiger partial charge is 0.308 e. The summed E-state index contributed by atoms with van der Waals surface area (Å²) in [6, 6.07) is 5.07. The monoisotopic (exact) mass is 430 g/mol. The van der Waals surface area contributed by atoms with Gasteiger partial charge in [0.2, 0.25) is 0 Å². The van der Waals surface area contributed by atoms with Gasteiger partial charge in [0.25, 0.3) is 0 Å². The van der Waals surface area contributed by atoms with Gasteiger partial charge in [-0.2, -0.15) is 0 Å². The first kappa shape index (κ1) is 20.0. The average Bonchev–Trinajstić information content (AvgIpc) is 3.65. The van der Waals surface area contributed by atoms with E-state index in [1.165, 1.54) is 13.2 Å². The fourth-order valence-electron chi connectivity index (χ4n) is 6.96. The number of hydrogen-bond acceptors (Lipinski definition) is 5. The van der Waals surface area contributed by atoms with E-state index in [0.29, 0.717) is 18.3 Å². The number of carbonyl (C=O) groups excluding carboxylic acids is 1. The molecule has 2 saturated heterocycles. The number of esters is 1. The highest BCUT2D eigenvalue weighted by Crippen LogP contribution is 2.87. The standard InChI is InChI=1S/C25H31FO5/c1-28-22(27)20-10-16(20)5-6-23-14-24(23)7-8-25(24,30-15-23)17-11-18(26)13-19(12-17)31-21-4-2-3-9-29-21/h11-13,16,20-21H,2-10,14-15H2,1H3. The summed E-state index contributed by atoms with van der Waals surface area (Å²) < 4.78 is 37.6. The molecule has 3 saturated carbocycles. The molecule has 0 aromatic heterocycles. The zero-order valence-corrected chi connectivity index (χ0v) is 18.2. The van der Waals surface area contributed by atoms with E-state index in [9.17, 15) is 9.18 Å². The van der Waals surface area contributed by atoms with Crippen LogP contribution in [0, 0.1) is 28.5 Å². The highest BCUT2D eigenvalue weighted by molar-refractivity contribution is 5.75. The van der Waals surface area contributed by atoms with Crippen LogP contribution in [0.25, 0.3) is 0 Å².